The number of non-ortho nitro benzene ring substituents is 1. The van der Waals surface area contributed by atoms with Gasteiger partial charge in [-0.1, -0.05) is 23.2 Å². The lowest BCUT2D eigenvalue weighted by atomic mass is 10.1. The molecule has 1 atom stereocenters. The fraction of sp³-hybridized carbons (Fsp3) is 0.318. The fourth-order valence-corrected chi connectivity index (χ4v) is 3.47. The van der Waals surface area contributed by atoms with E-state index >= 15 is 0 Å². The van der Waals surface area contributed by atoms with E-state index in [1.807, 2.05) is 0 Å². The third kappa shape index (κ3) is 7.23. The zero-order chi connectivity index (χ0) is 25.4. The smallest absolute Gasteiger partial charge is 0.313 e. The van der Waals surface area contributed by atoms with Crippen molar-refractivity contribution in [1.82, 2.24) is 0 Å². The van der Waals surface area contributed by atoms with Crippen LogP contribution < -0.4 is 4.90 Å². The van der Waals surface area contributed by atoms with Gasteiger partial charge in [0.15, 0.2) is 0 Å². The van der Waals surface area contributed by atoms with Crippen LogP contribution >= 0.6 is 23.2 Å². The van der Waals surface area contributed by atoms with Gasteiger partial charge in [0.05, 0.1) is 33.3 Å². The molecule has 12 heteroatoms. The summed E-state index contributed by atoms with van der Waals surface area (Å²) in [5, 5.41) is 28.5. The number of anilines is 1. The minimum absolute atomic E-state index is 0.00874. The van der Waals surface area contributed by atoms with E-state index in [4.69, 9.17) is 27.9 Å². The minimum Gasteiger partial charge on any atom is -0.463 e. The van der Waals surface area contributed by atoms with Gasteiger partial charge in [-0.2, -0.15) is 10.4 Å². The number of nitro groups is 1. The molecule has 0 aromatic heterocycles. The van der Waals surface area contributed by atoms with Gasteiger partial charge in [-0.25, -0.2) is 0 Å². The first-order valence-corrected chi connectivity index (χ1v) is 10.8. The van der Waals surface area contributed by atoms with Crippen LogP contribution in [0.3, 0.4) is 0 Å². The second-order valence-electron chi connectivity index (χ2n) is 7.28. The van der Waals surface area contributed by atoms with Crippen molar-refractivity contribution in [2.75, 3.05) is 18.1 Å². The number of carbonyl (C=O) groups is 2. The van der Waals surface area contributed by atoms with Crippen LogP contribution in [0.1, 0.15) is 25.8 Å². The van der Waals surface area contributed by atoms with E-state index in [2.05, 4.69) is 16.3 Å². The molecule has 0 heterocycles. The number of carbonyl (C=O) groups excluding carboxylic acids is 2. The van der Waals surface area contributed by atoms with Gasteiger partial charge >= 0.3 is 5.97 Å². The maximum atomic E-state index is 11.6. The second kappa shape index (κ2) is 12.1. The molecule has 0 N–H and O–H groups in total. The number of benzene rings is 2. The molecule has 0 spiro atoms. The Kier molecular flexibility index (Phi) is 9.47. The molecule has 0 radical (unpaired) electrons. The van der Waals surface area contributed by atoms with Crippen molar-refractivity contribution in [3.63, 3.8) is 0 Å². The summed E-state index contributed by atoms with van der Waals surface area (Å²) in [6, 6.07) is 9.12. The zero-order valence-electron chi connectivity index (χ0n) is 18.6. The number of hydrogen-bond donors (Lipinski definition) is 0. The predicted octanol–water partition coefficient (Wildman–Crippen LogP) is 5.87. The van der Waals surface area contributed by atoms with Crippen molar-refractivity contribution in [3.05, 3.63) is 56.1 Å². The van der Waals surface area contributed by atoms with Crippen molar-refractivity contribution in [2.24, 2.45) is 10.2 Å². The first-order valence-electron chi connectivity index (χ1n) is 10.0. The van der Waals surface area contributed by atoms with E-state index in [1.165, 1.54) is 6.92 Å². The zero-order valence-corrected chi connectivity index (χ0v) is 20.1. The number of esters is 1. The number of nitrogens with zero attached hydrogens (tertiary/aromatic N) is 5. The molecule has 2 aromatic rings. The van der Waals surface area contributed by atoms with Gasteiger partial charge < -0.3 is 9.64 Å². The van der Waals surface area contributed by atoms with E-state index in [0.29, 0.717) is 11.4 Å². The molecule has 0 fully saturated rings. The Bertz CT molecular complexity index is 1160. The molecule has 34 heavy (non-hydrogen) atoms. The van der Waals surface area contributed by atoms with Gasteiger partial charge in [-0.05, 0) is 44.5 Å². The van der Waals surface area contributed by atoms with Crippen molar-refractivity contribution >= 4 is 57.7 Å². The number of nitro benzene ring substituents is 1. The molecule has 0 saturated carbocycles. The highest BCUT2D eigenvalue weighted by Gasteiger charge is 2.17. The van der Waals surface area contributed by atoms with Crippen LogP contribution in [-0.2, 0) is 14.3 Å². The second-order valence-corrected chi connectivity index (χ2v) is 8.10. The molecule has 0 aliphatic heterocycles. The van der Waals surface area contributed by atoms with Crippen LogP contribution in [0, 0.1) is 28.4 Å². The molecular weight excluding hydrogens is 485 g/mol. The van der Waals surface area contributed by atoms with Crippen LogP contribution in [0.15, 0.2) is 40.6 Å². The topological polar surface area (TPSA) is 138 Å². The molecule has 2 aromatic carbocycles. The summed E-state index contributed by atoms with van der Waals surface area (Å²) >= 11 is 12.1. The Balaban J connectivity index is 2.21. The maximum absolute atomic E-state index is 11.6. The maximum Gasteiger partial charge on any atom is 0.313 e. The van der Waals surface area contributed by atoms with Crippen molar-refractivity contribution in [1.29, 1.82) is 5.26 Å². The minimum atomic E-state index is -0.618. The summed E-state index contributed by atoms with van der Waals surface area (Å²) in [7, 11) is 0. The number of aryl methyl sites for hydroxylation is 1. The number of ketones is 1. The van der Waals surface area contributed by atoms with Crippen LogP contribution in [-0.4, -0.2) is 35.9 Å². The van der Waals surface area contributed by atoms with Crippen molar-refractivity contribution in [2.45, 2.75) is 33.2 Å². The summed E-state index contributed by atoms with van der Waals surface area (Å²) in [4.78, 5) is 34.7. The first kappa shape index (κ1) is 26.7. The lowest BCUT2D eigenvalue weighted by molar-refractivity contribution is -0.384. The summed E-state index contributed by atoms with van der Waals surface area (Å²) in [6.45, 7) is 5.05. The highest BCUT2D eigenvalue weighted by atomic mass is 35.5. The monoisotopic (exact) mass is 505 g/mol. The standard InChI is InChI=1S/C22H21Cl2N5O5/c1-13-8-16(28(14(2)12-25)6-7-34-21(31)9-15(3)30)4-5-20(13)26-27-22-18(23)10-17(29(32)33)11-19(22)24/h4-5,8,10-11,14H,6-7,9H2,1-3H3. The van der Waals surface area contributed by atoms with Gasteiger partial charge in [0.2, 0.25) is 0 Å². The van der Waals surface area contributed by atoms with Gasteiger partial charge in [0.25, 0.3) is 5.69 Å². The number of hydrogen-bond acceptors (Lipinski definition) is 9. The summed E-state index contributed by atoms with van der Waals surface area (Å²) < 4.78 is 5.08. The summed E-state index contributed by atoms with van der Waals surface area (Å²) in [6.07, 6.45) is -0.296. The highest BCUT2D eigenvalue weighted by molar-refractivity contribution is 6.39. The molecule has 0 aliphatic rings. The lowest BCUT2D eigenvalue weighted by Gasteiger charge is -2.27. The Hall–Kier alpha value is -3.55. The Labute approximate surface area is 205 Å². The average molecular weight is 506 g/mol. The molecule has 0 bridgehead atoms. The van der Waals surface area contributed by atoms with E-state index in [1.54, 1.807) is 36.9 Å². The Morgan fingerprint density at radius 2 is 1.88 bits per heavy atom. The largest absolute Gasteiger partial charge is 0.463 e. The van der Waals surface area contributed by atoms with Crippen LogP contribution in [0.4, 0.5) is 22.7 Å². The molecule has 2 rings (SSSR count). The predicted molar refractivity (Wildman–Crippen MR) is 127 cm³/mol. The van der Waals surface area contributed by atoms with Crippen LogP contribution in [0.5, 0.6) is 0 Å². The normalized spacial score (nSPS) is 11.6. The molecule has 178 valence electrons. The third-order valence-electron chi connectivity index (χ3n) is 4.63. The molecule has 0 amide bonds. The quantitative estimate of drug-likeness (QED) is 0.129. The number of halogens is 2. The highest BCUT2D eigenvalue weighted by Crippen LogP contribution is 2.38. The first-order chi connectivity index (χ1) is 16.0. The van der Waals surface area contributed by atoms with Crippen LogP contribution in [0.2, 0.25) is 10.0 Å². The summed E-state index contributed by atoms with van der Waals surface area (Å²) in [5.41, 5.74) is 1.75. The number of nitriles is 1. The SMILES string of the molecule is CC(=O)CC(=O)OCCN(c1ccc(N=Nc2c(Cl)cc([N+](=O)[O-])cc2Cl)c(C)c1)C(C)C#N. The molecule has 1 unspecified atom stereocenters. The molecule has 0 saturated heterocycles. The van der Waals surface area contributed by atoms with E-state index in [-0.39, 0.29) is 46.8 Å². The van der Waals surface area contributed by atoms with Crippen LogP contribution in [0.25, 0.3) is 0 Å². The Morgan fingerprint density at radius 3 is 2.41 bits per heavy atom. The molecule has 10 nitrogen and oxygen atoms in total. The lowest BCUT2D eigenvalue weighted by Crippen LogP contribution is -2.35. The molecule has 0 aliphatic carbocycles. The molecular formula is C22H21Cl2N5O5. The van der Waals surface area contributed by atoms with Crippen molar-refractivity contribution in [3.8, 4) is 6.07 Å². The number of Topliss-reactive ketones (excluding diaryl/α,β-unsaturated/α-hetero) is 1. The number of ether oxygens (including phenoxy) is 1. The number of rotatable bonds is 10. The summed E-state index contributed by atoms with van der Waals surface area (Å²) in [5.74, 6) is -0.906. The van der Waals surface area contributed by atoms with Gasteiger partial charge in [-0.3, -0.25) is 19.7 Å². The van der Waals surface area contributed by atoms with Gasteiger partial charge in [0.1, 0.15) is 30.5 Å². The average Bonchev–Trinajstić information content (AvgIpc) is 2.75. The van der Waals surface area contributed by atoms with E-state index in [9.17, 15) is 25.0 Å². The Morgan fingerprint density at radius 1 is 1.24 bits per heavy atom. The van der Waals surface area contributed by atoms with Crippen molar-refractivity contribution < 1.29 is 19.2 Å². The fourth-order valence-electron chi connectivity index (χ4n) is 2.92. The third-order valence-corrected chi connectivity index (χ3v) is 5.20. The van der Waals surface area contributed by atoms with E-state index < -0.39 is 16.9 Å². The van der Waals surface area contributed by atoms with Gasteiger partial charge in [-0.15, -0.1) is 5.11 Å². The van der Waals surface area contributed by atoms with Gasteiger partial charge in [0, 0.05) is 17.8 Å². The number of azo groups is 1. The van der Waals surface area contributed by atoms with E-state index in [0.717, 1.165) is 17.7 Å².